The van der Waals surface area contributed by atoms with Crippen LogP contribution < -0.4 is 5.32 Å². The Kier molecular flexibility index (Phi) is 4.81. The molecule has 4 nitrogen and oxygen atoms in total. The monoisotopic (exact) mass is 379 g/mol. The summed E-state index contributed by atoms with van der Waals surface area (Å²) in [4.78, 5) is 12.7. The zero-order valence-electron chi connectivity index (χ0n) is 12.6. The lowest BCUT2D eigenvalue weighted by atomic mass is 10.1. The van der Waals surface area contributed by atoms with Crippen LogP contribution in [0.5, 0.6) is 0 Å². The van der Waals surface area contributed by atoms with Crippen LogP contribution in [0, 0.1) is 0 Å². The molecule has 24 heavy (non-hydrogen) atoms. The molecular weight excluding hydrogens is 369 g/mol. The van der Waals surface area contributed by atoms with Gasteiger partial charge in [-0.25, -0.2) is 0 Å². The van der Waals surface area contributed by atoms with Crippen molar-refractivity contribution < 1.29 is 4.79 Å². The normalized spacial score (nSPS) is 10.7. The fraction of sp³-hybridized carbons (Fsp3) is 0.0588. The van der Waals surface area contributed by atoms with Crippen molar-refractivity contribution in [1.29, 1.82) is 0 Å². The van der Waals surface area contributed by atoms with E-state index in [4.69, 9.17) is 34.8 Å². The number of rotatable bonds is 3. The van der Waals surface area contributed by atoms with E-state index in [1.807, 2.05) is 30.3 Å². The molecule has 0 aliphatic carbocycles. The van der Waals surface area contributed by atoms with Gasteiger partial charge in [0.05, 0.1) is 0 Å². The highest BCUT2D eigenvalue weighted by Gasteiger charge is 2.23. The average molecular weight is 381 g/mol. The maximum Gasteiger partial charge on any atom is 0.261 e. The number of nitrogens with zero attached hydrogens (tertiary/aromatic N) is 2. The maximum atomic E-state index is 12.7. The van der Waals surface area contributed by atoms with E-state index in [0.29, 0.717) is 27.0 Å². The first kappa shape index (κ1) is 16.8. The molecule has 0 saturated carbocycles. The molecule has 1 amide bonds. The van der Waals surface area contributed by atoms with Gasteiger partial charge in [-0.15, -0.1) is 0 Å². The molecule has 0 radical (unpaired) electrons. The molecular formula is C17H12Cl3N3O. The second-order valence-electron chi connectivity index (χ2n) is 5.12. The number of aromatic nitrogens is 2. The van der Waals surface area contributed by atoms with E-state index in [2.05, 4.69) is 10.4 Å². The molecule has 0 aliphatic heterocycles. The number of aryl methyl sites for hydroxylation is 1. The number of hydrogen-bond donors (Lipinski definition) is 1. The van der Waals surface area contributed by atoms with Crippen LogP contribution in [0.25, 0.3) is 11.3 Å². The van der Waals surface area contributed by atoms with Gasteiger partial charge in [-0.05, 0) is 18.2 Å². The summed E-state index contributed by atoms with van der Waals surface area (Å²) in [7, 11) is 1.68. The van der Waals surface area contributed by atoms with Gasteiger partial charge in [0, 0.05) is 28.3 Å². The molecule has 3 rings (SSSR count). The first-order chi connectivity index (χ1) is 11.5. The lowest BCUT2D eigenvalue weighted by molar-refractivity contribution is 0.102. The van der Waals surface area contributed by atoms with Crippen molar-refractivity contribution in [3.05, 3.63) is 69.3 Å². The Morgan fingerprint density at radius 2 is 1.67 bits per heavy atom. The fourth-order valence-electron chi connectivity index (χ4n) is 2.32. The molecule has 0 fully saturated rings. The molecule has 1 aromatic heterocycles. The van der Waals surface area contributed by atoms with Crippen molar-refractivity contribution in [3.63, 3.8) is 0 Å². The van der Waals surface area contributed by atoms with E-state index >= 15 is 0 Å². The molecule has 0 saturated heterocycles. The van der Waals surface area contributed by atoms with Crippen molar-refractivity contribution in [1.82, 2.24) is 9.78 Å². The molecule has 0 bridgehead atoms. The summed E-state index contributed by atoms with van der Waals surface area (Å²) < 4.78 is 1.46. The number of carbonyl (C=O) groups excluding carboxylic acids is 1. The molecule has 0 aliphatic rings. The number of nitrogens with one attached hydrogen (secondary N) is 1. The molecule has 0 atom stereocenters. The SMILES string of the molecule is Cn1nc(-c2ccccc2)c(C(=O)Nc2cc(Cl)cc(Cl)c2)c1Cl. The number of hydrogen-bond acceptors (Lipinski definition) is 2. The van der Waals surface area contributed by atoms with Gasteiger partial charge in [0.1, 0.15) is 16.4 Å². The lowest BCUT2D eigenvalue weighted by Gasteiger charge is -2.07. The summed E-state index contributed by atoms with van der Waals surface area (Å²) in [6.07, 6.45) is 0. The van der Waals surface area contributed by atoms with Gasteiger partial charge in [0.15, 0.2) is 0 Å². The number of carbonyl (C=O) groups is 1. The largest absolute Gasteiger partial charge is 0.322 e. The van der Waals surface area contributed by atoms with Gasteiger partial charge in [0.2, 0.25) is 0 Å². The minimum atomic E-state index is -0.384. The zero-order chi connectivity index (χ0) is 17.3. The molecule has 2 aromatic carbocycles. The Labute approximate surface area is 154 Å². The van der Waals surface area contributed by atoms with Crippen molar-refractivity contribution in [3.8, 4) is 11.3 Å². The van der Waals surface area contributed by atoms with Crippen LogP contribution in [0.3, 0.4) is 0 Å². The molecule has 7 heteroatoms. The summed E-state index contributed by atoms with van der Waals surface area (Å²) in [6.45, 7) is 0. The van der Waals surface area contributed by atoms with E-state index in [1.54, 1.807) is 25.2 Å². The van der Waals surface area contributed by atoms with Crippen LogP contribution in [0.15, 0.2) is 48.5 Å². The molecule has 0 spiro atoms. The predicted molar refractivity (Wildman–Crippen MR) is 98.1 cm³/mol. The predicted octanol–water partition coefficient (Wildman–Crippen LogP) is 5.30. The highest BCUT2D eigenvalue weighted by atomic mass is 35.5. The fourth-order valence-corrected chi connectivity index (χ4v) is 3.06. The van der Waals surface area contributed by atoms with Crippen LogP contribution >= 0.6 is 34.8 Å². The van der Waals surface area contributed by atoms with Crippen LogP contribution in [0.4, 0.5) is 5.69 Å². The Morgan fingerprint density at radius 3 is 2.29 bits per heavy atom. The summed E-state index contributed by atoms with van der Waals surface area (Å²) >= 11 is 18.2. The first-order valence-electron chi connectivity index (χ1n) is 7.01. The average Bonchev–Trinajstić information content (AvgIpc) is 2.83. The Morgan fingerprint density at radius 1 is 1.04 bits per heavy atom. The van der Waals surface area contributed by atoms with E-state index in [1.165, 1.54) is 4.68 Å². The van der Waals surface area contributed by atoms with E-state index in [9.17, 15) is 4.79 Å². The quantitative estimate of drug-likeness (QED) is 0.670. The third-order valence-electron chi connectivity index (χ3n) is 3.37. The van der Waals surface area contributed by atoms with Crippen molar-refractivity contribution in [2.24, 2.45) is 7.05 Å². The van der Waals surface area contributed by atoms with Crippen molar-refractivity contribution in [2.75, 3.05) is 5.32 Å². The van der Waals surface area contributed by atoms with Crippen LogP contribution in [0.1, 0.15) is 10.4 Å². The van der Waals surface area contributed by atoms with E-state index < -0.39 is 0 Å². The van der Waals surface area contributed by atoms with Gasteiger partial charge in [-0.2, -0.15) is 5.10 Å². The second kappa shape index (κ2) is 6.85. The summed E-state index contributed by atoms with van der Waals surface area (Å²) in [5.74, 6) is -0.384. The highest BCUT2D eigenvalue weighted by molar-refractivity contribution is 6.36. The molecule has 122 valence electrons. The van der Waals surface area contributed by atoms with Gasteiger partial charge < -0.3 is 5.32 Å². The summed E-state index contributed by atoms with van der Waals surface area (Å²) in [5, 5.41) is 8.22. The minimum Gasteiger partial charge on any atom is -0.322 e. The van der Waals surface area contributed by atoms with Crippen molar-refractivity contribution in [2.45, 2.75) is 0 Å². The zero-order valence-corrected chi connectivity index (χ0v) is 14.8. The summed E-state index contributed by atoms with van der Waals surface area (Å²) in [5.41, 5.74) is 2.08. The smallest absolute Gasteiger partial charge is 0.261 e. The topological polar surface area (TPSA) is 46.9 Å². The second-order valence-corrected chi connectivity index (χ2v) is 6.35. The van der Waals surface area contributed by atoms with E-state index in [-0.39, 0.29) is 11.1 Å². The van der Waals surface area contributed by atoms with Crippen LogP contribution in [0.2, 0.25) is 15.2 Å². The Hall–Kier alpha value is -2.01. The van der Waals surface area contributed by atoms with Crippen LogP contribution in [-0.2, 0) is 7.05 Å². The Balaban J connectivity index is 2.01. The summed E-state index contributed by atoms with van der Waals surface area (Å²) in [6, 6.07) is 14.2. The lowest BCUT2D eigenvalue weighted by Crippen LogP contribution is -2.13. The first-order valence-corrected chi connectivity index (χ1v) is 8.14. The standard InChI is InChI=1S/C17H12Cl3N3O/c1-23-16(20)14(15(22-23)10-5-3-2-4-6-10)17(24)21-13-8-11(18)7-12(19)9-13/h2-9H,1H3,(H,21,24). The number of anilines is 1. The molecule has 3 aromatic rings. The van der Waals surface area contributed by atoms with Gasteiger partial charge in [-0.3, -0.25) is 9.48 Å². The maximum absolute atomic E-state index is 12.7. The van der Waals surface area contributed by atoms with Gasteiger partial charge in [0.25, 0.3) is 5.91 Å². The molecule has 0 unspecified atom stereocenters. The van der Waals surface area contributed by atoms with Gasteiger partial charge in [-0.1, -0.05) is 65.1 Å². The highest BCUT2D eigenvalue weighted by Crippen LogP contribution is 2.30. The minimum absolute atomic E-state index is 0.250. The third kappa shape index (κ3) is 3.41. The number of halogens is 3. The van der Waals surface area contributed by atoms with Crippen molar-refractivity contribution >= 4 is 46.4 Å². The third-order valence-corrected chi connectivity index (χ3v) is 4.24. The molecule has 1 heterocycles. The van der Waals surface area contributed by atoms with Gasteiger partial charge >= 0.3 is 0 Å². The number of amides is 1. The van der Waals surface area contributed by atoms with Crippen LogP contribution in [-0.4, -0.2) is 15.7 Å². The molecule has 1 N–H and O–H groups in total. The number of benzene rings is 2. The Bertz CT molecular complexity index is 887. The van der Waals surface area contributed by atoms with E-state index in [0.717, 1.165) is 5.56 Å².